The van der Waals surface area contributed by atoms with Crippen molar-refractivity contribution in [2.75, 3.05) is 11.9 Å². The fourth-order valence-electron chi connectivity index (χ4n) is 2.15. The molecule has 1 amide bonds. The van der Waals surface area contributed by atoms with Gasteiger partial charge in [0.25, 0.3) is 5.91 Å². The Morgan fingerprint density at radius 3 is 2.79 bits per heavy atom. The largest absolute Gasteiger partial charge is 0.494 e. The van der Waals surface area contributed by atoms with Crippen LogP contribution in [0.25, 0.3) is 6.08 Å². The number of nitriles is 1. The molecule has 24 heavy (non-hydrogen) atoms. The highest BCUT2D eigenvalue weighted by Gasteiger charge is 2.10. The molecular formula is C19H17BrN2O2. The smallest absolute Gasteiger partial charge is 0.266 e. The van der Waals surface area contributed by atoms with Gasteiger partial charge in [-0.15, -0.1) is 0 Å². The maximum atomic E-state index is 12.3. The highest BCUT2D eigenvalue weighted by atomic mass is 79.9. The molecule has 122 valence electrons. The minimum Gasteiger partial charge on any atom is -0.494 e. The van der Waals surface area contributed by atoms with Gasteiger partial charge in [0.15, 0.2) is 0 Å². The molecule has 0 aliphatic rings. The first-order chi connectivity index (χ1) is 11.5. The Hall–Kier alpha value is -2.58. The van der Waals surface area contributed by atoms with E-state index in [2.05, 4.69) is 21.2 Å². The minimum atomic E-state index is -0.443. The predicted molar refractivity (Wildman–Crippen MR) is 98.7 cm³/mol. The summed E-state index contributed by atoms with van der Waals surface area (Å²) in [7, 11) is 0. The van der Waals surface area contributed by atoms with E-state index in [0.717, 1.165) is 10.0 Å². The molecule has 4 nitrogen and oxygen atoms in total. The Kier molecular flexibility index (Phi) is 6.16. The number of anilines is 1. The molecule has 0 aliphatic carbocycles. The van der Waals surface area contributed by atoms with E-state index in [1.807, 2.05) is 50.2 Å². The van der Waals surface area contributed by atoms with Gasteiger partial charge in [0.1, 0.15) is 17.4 Å². The predicted octanol–water partition coefficient (Wildman–Crippen LogP) is 4.70. The molecule has 0 aromatic heterocycles. The lowest BCUT2D eigenvalue weighted by atomic mass is 10.1. The number of halogens is 1. The molecule has 0 bridgehead atoms. The van der Waals surface area contributed by atoms with E-state index in [1.54, 1.807) is 18.2 Å². The van der Waals surface area contributed by atoms with Crippen molar-refractivity contribution in [3.63, 3.8) is 0 Å². The van der Waals surface area contributed by atoms with Gasteiger partial charge < -0.3 is 10.1 Å². The normalized spacial score (nSPS) is 10.8. The summed E-state index contributed by atoms with van der Waals surface area (Å²) >= 11 is 3.40. The SMILES string of the molecule is CCOc1cc(Br)cc(/C=C(\C#N)C(=O)Nc2cccc(C)c2)c1. The summed E-state index contributed by atoms with van der Waals surface area (Å²) in [5, 5.41) is 12.0. The Morgan fingerprint density at radius 1 is 1.33 bits per heavy atom. The topological polar surface area (TPSA) is 62.1 Å². The molecule has 0 aliphatic heterocycles. The number of ether oxygens (including phenoxy) is 1. The molecule has 0 unspecified atom stereocenters. The second-order valence-electron chi connectivity index (χ2n) is 5.15. The minimum absolute atomic E-state index is 0.0251. The first-order valence-electron chi connectivity index (χ1n) is 7.45. The highest BCUT2D eigenvalue weighted by molar-refractivity contribution is 9.10. The molecule has 2 rings (SSSR count). The van der Waals surface area contributed by atoms with E-state index in [9.17, 15) is 10.1 Å². The maximum Gasteiger partial charge on any atom is 0.266 e. The molecular weight excluding hydrogens is 368 g/mol. The third kappa shape index (κ3) is 4.97. The fourth-order valence-corrected chi connectivity index (χ4v) is 2.64. The van der Waals surface area contributed by atoms with E-state index in [0.29, 0.717) is 23.6 Å². The van der Waals surface area contributed by atoms with Crippen molar-refractivity contribution in [2.45, 2.75) is 13.8 Å². The molecule has 1 N–H and O–H groups in total. The molecule has 0 atom stereocenters. The van der Waals surface area contributed by atoms with Gasteiger partial charge in [-0.05, 0) is 61.4 Å². The quantitative estimate of drug-likeness (QED) is 0.599. The van der Waals surface area contributed by atoms with Gasteiger partial charge in [0, 0.05) is 10.2 Å². The van der Waals surface area contributed by atoms with Crippen LogP contribution in [0.5, 0.6) is 5.75 Å². The van der Waals surface area contributed by atoms with Crippen molar-refractivity contribution in [2.24, 2.45) is 0 Å². The lowest BCUT2D eigenvalue weighted by molar-refractivity contribution is -0.112. The van der Waals surface area contributed by atoms with Gasteiger partial charge in [-0.1, -0.05) is 28.1 Å². The summed E-state index contributed by atoms with van der Waals surface area (Å²) < 4.78 is 6.28. The number of nitrogens with one attached hydrogen (secondary N) is 1. The Labute approximate surface area is 149 Å². The van der Waals surface area contributed by atoms with Crippen LogP contribution in [0, 0.1) is 18.3 Å². The van der Waals surface area contributed by atoms with E-state index in [4.69, 9.17) is 4.74 Å². The van der Waals surface area contributed by atoms with Gasteiger partial charge in [-0.25, -0.2) is 0 Å². The van der Waals surface area contributed by atoms with Gasteiger partial charge in [-0.2, -0.15) is 5.26 Å². The van der Waals surface area contributed by atoms with E-state index in [1.165, 1.54) is 0 Å². The number of hydrogen-bond donors (Lipinski definition) is 1. The Morgan fingerprint density at radius 2 is 2.12 bits per heavy atom. The zero-order valence-corrected chi connectivity index (χ0v) is 15.1. The number of amides is 1. The van der Waals surface area contributed by atoms with Gasteiger partial charge in [0.05, 0.1) is 6.61 Å². The van der Waals surface area contributed by atoms with Crippen LogP contribution in [-0.4, -0.2) is 12.5 Å². The molecule has 0 radical (unpaired) electrons. The highest BCUT2D eigenvalue weighted by Crippen LogP contribution is 2.23. The van der Waals surface area contributed by atoms with Crippen LogP contribution in [0.15, 0.2) is 52.5 Å². The van der Waals surface area contributed by atoms with Crippen LogP contribution in [0.1, 0.15) is 18.1 Å². The molecule has 5 heteroatoms. The number of nitrogens with zero attached hydrogens (tertiary/aromatic N) is 1. The number of carbonyl (C=O) groups is 1. The van der Waals surface area contributed by atoms with Crippen LogP contribution in [0.4, 0.5) is 5.69 Å². The summed E-state index contributed by atoms with van der Waals surface area (Å²) in [6.07, 6.45) is 1.54. The van der Waals surface area contributed by atoms with E-state index in [-0.39, 0.29) is 5.57 Å². The van der Waals surface area contributed by atoms with Gasteiger partial charge >= 0.3 is 0 Å². The van der Waals surface area contributed by atoms with Crippen molar-refractivity contribution in [3.8, 4) is 11.8 Å². The van der Waals surface area contributed by atoms with Crippen molar-refractivity contribution in [1.29, 1.82) is 5.26 Å². The number of hydrogen-bond acceptors (Lipinski definition) is 3. The number of benzene rings is 2. The van der Waals surface area contributed by atoms with E-state index >= 15 is 0 Å². The van der Waals surface area contributed by atoms with Crippen molar-refractivity contribution >= 4 is 33.6 Å². The summed E-state index contributed by atoms with van der Waals surface area (Å²) in [6.45, 7) is 4.37. The summed E-state index contributed by atoms with van der Waals surface area (Å²) in [5.74, 6) is 0.232. The average Bonchev–Trinajstić information content (AvgIpc) is 2.52. The van der Waals surface area contributed by atoms with Crippen LogP contribution in [-0.2, 0) is 4.79 Å². The average molecular weight is 385 g/mol. The summed E-state index contributed by atoms with van der Waals surface area (Å²) in [5.41, 5.74) is 2.43. The monoisotopic (exact) mass is 384 g/mol. The lowest BCUT2D eigenvalue weighted by Crippen LogP contribution is -2.13. The second kappa shape index (κ2) is 8.32. The molecule has 0 saturated carbocycles. The van der Waals surface area contributed by atoms with Crippen LogP contribution < -0.4 is 10.1 Å². The fraction of sp³-hybridized carbons (Fsp3) is 0.158. The number of carbonyl (C=O) groups excluding carboxylic acids is 1. The molecule has 2 aromatic rings. The zero-order chi connectivity index (χ0) is 17.5. The van der Waals surface area contributed by atoms with Crippen LogP contribution in [0.3, 0.4) is 0 Å². The zero-order valence-electron chi connectivity index (χ0n) is 13.5. The second-order valence-corrected chi connectivity index (χ2v) is 6.06. The first-order valence-corrected chi connectivity index (χ1v) is 8.24. The maximum absolute atomic E-state index is 12.3. The van der Waals surface area contributed by atoms with Crippen molar-refractivity contribution < 1.29 is 9.53 Å². The number of rotatable bonds is 5. The molecule has 0 spiro atoms. The van der Waals surface area contributed by atoms with Crippen molar-refractivity contribution in [3.05, 3.63) is 63.6 Å². The van der Waals surface area contributed by atoms with Gasteiger partial charge in [0.2, 0.25) is 0 Å². The standard InChI is InChI=1S/C19H17BrN2O2/c1-3-24-18-10-14(9-16(20)11-18)8-15(12-21)19(23)22-17-6-4-5-13(2)7-17/h4-11H,3H2,1-2H3,(H,22,23)/b15-8+. The Balaban J connectivity index is 2.25. The molecule has 2 aromatic carbocycles. The number of aryl methyl sites for hydroxylation is 1. The van der Waals surface area contributed by atoms with Gasteiger partial charge in [-0.3, -0.25) is 4.79 Å². The van der Waals surface area contributed by atoms with Crippen LogP contribution in [0.2, 0.25) is 0 Å². The van der Waals surface area contributed by atoms with Crippen molar-refractivity contribution in [1.82, 2.24) is 0 Å². The molecule has 0 heterocycles. The third-order valence-corrected chi connectivity index (χ3v) is 3.61. The third-order valence-electron chi connectivity index (χ3n) is 3.16. The lowest BCUT2D eigenvalue weighted by Gasteiger charge is -2.07. The van der Waals surface area contributed by atoms with Crippen LogP contribution >= 0.6 is 15.9 Å². The Bertz CT molecular complexity index is 822. The first kappa shape index (κ1) is 17.8. The molecule has 0 fully saturated rings. The summed E-state index contributed by atoms with van der Waals surface area (Å²) in [6, 6.07) is 14.8. The molecule has 0 saturated heterocycles. The summed E-state index contributed by atoms with van der Waals surface area (Å²) in [4.78, 5) is 12.3. The van der Waals surface area contributed by atoms with E-state index < -0.39 is 5.91 Å².